The summed E-state index contributed by atoms with van der Waals surface area (Å²) in [5, 5.41) is 10.9. The summed E-state index contributed by atoms with van der Waals surface area (Å²) in [6.07, 6.45) is -16.3. The first kappa shape index (κ1) is 36.3. The molecule has 1 N–H and O–H groups in total. The molecule has 18 heteroatoms. The van der Waals surface area contributed by atoms with Crippen molar-refractivity contribution < 1.29 is 86.0 Å². The first-order valence-electron chi connectivity index (χ1n) is 13.3. The number of carbonyl (C=O) groups excluding carboxylic acids is 7. The summed E-state index contributed by atoms with van der Waals surface area (Å²) in [6, 6.07) is 0. The van der Waals surface area contributed by atoms with E-state index in [1.54, 1.807) is 0 Å². The molecule has 248 valence electrons. The van der Waals surface area contributed by atoms with E-state index in [1.807, 2.05) is 0 Å². The molecule has 2 saturated heterocycles. The van der Waals surface area contributed by atoms with Crippen LogP contribution in [0.25, 0.3) is 0 Å². The van der Waals surface area contributed by atoms with Gasteiger partial charge in [0.1, 0.15) is 37.6 Å². The number of aliphatic hydroxyl groups excluding tert-OH is 1. The molecule has 0 aromatic heterocycles. The fourth-order valence-electron chi connectivity index (χ4n) is 4.41. The molecule has 0 amide bonds. The molecule has 5 unspecified atom stereocenters. The number of carbonyl (C=O) groups is 7. The SMILES string of the molecule is CC(=O)OCC1O[C@@H](O[C@@H]2C(COC(C)=O)OC(OC(C)=O)[C@@H](OC(C)=O)C2OC(C)=O)[C@@H](OC(C)=O)C(OC(C)=O)[C@H]1O. The van der Waals surface area contributed by atoms with E-state index < -0.39 is 116 Å². The fourth-order valence-corrected chi connectivity index (χ4v) is 4.41. The smallest absolute Gasteiger partial charge is 0.305 e. The van der Waals surface area contributed by atoms with Gasteiger partial charge in [0, 0.05) is 48.5 Å². The molecule has 44 heavy (non-hydrogen) atoms. The molecule has 0 bridgehead atoms. The van der Waals surface area contributed by atoms with Crippen LogP contribution < -0.4 is 0 Å². The van der Waals surface area contributed by atoms with E-state index in [0.717, 1.165) is 48.5 Å². The Kier molecular flexibility index (Phi) is 13.4. The Morgan fingerprint density at radius 2 is 0.864 bits per heavy atom. The summed E-state index contributed by atoms with van der Waals surface area (Å²) in [4.78, 5) is 83.3. The van der Waals surface area contributed by atoms with E-state index in [-0.39, 0.29) is 0 Å². The number of rotatable bonds is 11. The molecule has 0 saturated carbocycles. The van der Waals surface area contributed by atoms with Crippen LogP contribution in [0.1, 0.15) is 48.5 Å². The minimum absolute atomic E-state index is 0.572. The zero-order valence-electron chi connectivity index (χ0n) is 25.1. The lowest BCUT2D eigenvalue weighted by molar-refractivity contribution is -0.357. The maximum Gasteiger partial charge on any atom is 0.305 e. The Hall–Kier alpha value is -3.87. The maximum atomic E-state index is 12.2. The number of hydrogen-bond donors (Lipinski definition) is 1. The average molecular weight is 637 g/mol. The van der Waals surface area contributed by atoms with Crippen LogP contribution in [-0.2, 0) is 80.9 Å². The lowest BCUT2D eigenvalue weighted by Gasteiger charge is -2.48. The van der Waals surface area contributed by atoms with E-state index in [4.69, 9.17) is 47.4 Å². The van der Waals surface area contributed by atoms with Crippen LogP contribution in [0, 0.1) is 0 Å². The second-order valence-electron chi connectivity index (χ2n) is 9.69. The van der Waals surface area contributed by atoms with Crippen molar-refractivity contribution in [1.82, 2.24) is 0 Å². The van der Waals surface area contributed by atoms with Crippen molar-refractivity contribution >= 4 is 41.8 Å². The van der Waals surface area contributed by atoms with Crippen molar-refractivity contribution in [3.63, 3.8) is 0 Å². The van der Waals surface area contributed by atoms with Gasteiger partial charge >= 0.3 is 41.8 Å². The highest BCUT2D eigenvalue weighted by atomic mass is 16.8. The molecular formula is C26H36O18. The molecule has 0 aromatic rings. The molecular weight excluding hydrogens is 600 g/mol. The van der Waals surface area contributed by atoms with Gasteiger partial charge in [0.2, 0.25) is 12.4 Å². The van der Waals surface area contributed by atoms with E-state index in [9.17, 15) is 38.7 Å². The van der Waals surface area contributed by atoms with E-state index in [0.29, 0.717) is 0 Å². The minimum Gasteiger partial charge on any atom is -0.463 e. The van der Waals surface area contributed by atoms with Gasteiger partial charge in [-0.05, 0) is 0 Å². The van der Waals surface area contributed by atoms with Gasteiger partial charge in [-0.3, -0.25) is 33.6 Å². The molecule has 2 fully saturated rings. The van der Waals surface area contributed by atoms with E-state index in [2.05, 4.69) is 0 Å². The van der Waals surface area contributed by atoms with Crippen LogP contribution >= 0.6 is 0 Å². The lowest BCUT2D eigenvalue weighted by atomic mass is 9.96. The summed E-state index contributed by atoms with van der Waals surface area (Å²) < 4.78 is 54.1. The van der Waals surface area contributed by atoms with Crippen molar-refractivity contribution in [1.29, 1.82) is 0 Å². The van der Waals surface area contributed by atoms with E-state index >= 15 is 0 Å². The number of aliphatic hydroxyl groups is 1. The molecule has 2 aliphatic rings. The van der Waals surface area contributed by atoms with Crippen molar-refractivity contribution in [2.75, 3.05) is 13.2 Å². The minimum atomic E-state index is -1.79. The highest BCUT2D eigenvalue weighted by Gasteiger charge is 2.57. The van der Waals surface area contributed by atoms with Gasteiger partial charge in [-0.1, -0.05) is 0 Å². The highest BCUT2D eigenvalue weighted by molar-refractivity contribution is 5.69. The van der Waals surface area contributed by atoms with Gasteiger partial charge in [0.25, 0.3) is 0 Å². The number of esters is 7. The zero-order chi connectivity index (χ0) is 33.3. The molecule has 2 rings (SSSR count). The van der Waals surface area contributed by atoms with Gasteiger partial charge in [-0.2, -0.15) is 0 Å². The zero-order valence-corrected chi connectivity index (χ0v) is 25.1. The Morgan fingerprint density at radius 3 is 1.32 bits per heavy atom. The van der Waals surface area contributed by atoms with Crippen molar-refractivity contribution in [2.45, 2.75) is 110 Å². The Labute approximate surface area is 251 Å². The normalized spacial score (nSPS) is 31.5. The van der Waals surface area contributed by atoms with Crippen molar-refractivity contribution in [3.8, 4) is 0 Å². The summed E-state index contributed by atoms with van der Waals surface area (Å²) in [5.74, 6) is -6.04. The first-order chi connectivity index (χ1) is 20.5. The third-order valence-corrected chi connectivity index (χ3v) is 5.89. The second-order valence-corrected chi connectivity index (χ2v) is 9.69. The lowest BCUT2D eigenvalue weighted by Crippen LogP contribution is -2.67. The summed E-state index contributed by atoms with van der Waals surface area (Å²) >= 11 is 0. The van der Waals surface area contributed by atoms with Crippen LogP contribution in [0.4, 0.5) is 0 Å². The molecule has 0 aromatic carbocycles. The molecule has 10 atom stereocenters. The van der Waals surface area contributed by atoms with Crippen LogP contribution in [0.5, 0.6) is 0 Å². The number of ether oxygens (including phenoxy) is 10. The summed E-state index contributed by atoms with van der Waals surface area (Å²) in [5.41, 5.74) is 0. The van der Waals surface area contributed by atoms with Crippen molar-refractivity contribution in [3.05, 3.63) is 0 Å². The van der Waals surface area contributed by atoms with Crippen LogP contribution in [0.3, 0.4) is 0 Å². The maximum absolute atomic E-state index is 12.2. The Morgan fingerprint density at radius 1 is 0.477 bits per heavy atom. The third kappa shape index (κ3) is 10.7. The molecule has 2 heterocycles. The van der Waals surface area contributed by atoms with Gasteiger partial charge in [0.15, 0.2) is 24.6 Å². The van der Waals surface area contributed by atoms with Gasteiger partial charge in [-0.25, -0.2) is 0 Å². The Balaban J connectivity index is 2.65. The Bertz CT molecular complexity index is 1090. The fraction of sp³-hybridized carbons (Fsp3) is 0.731. The average Bonchev–Trinajstić information content (AvgIpc) is 2.87. The second kappa shape index (κ2) is 16.3. The van der Waals surface area contributed by atoms with Gasteiger partial charge < -0.3 is 52.5 Å². The van der Waals surface area contributed by atoms with Crippen LogP contribution in [0.2, 0.25) is 0 Å². The van der Waals surface area contributed by atoms with Crippen LogP contribution in [0.15, 0.2) is 0 Å². The molecule has 0 aliphatic carbocycles. The quantitative estimate of drug-likeness (QED) is 0.203. The monoisotopic (exact) mass is 636 g/mol. The molecule has 0 radical (unpaired) electrons. The predicted octanol–water partition coefficient (Wildman–Crippen LogP) is -1.40. The van der Waals surface area contributed by atoms with Crippen molar-refractivity contribution in [2.24, 2.45) is 0 Å². The first-order valence-corrected chi connectivity index (χ1v) is 13.3. The summed E-state index contributed by atoms with van der Waals surface area (Å²) in [7, 11) is 0. The summed E-state index contributed by atoms with van der Waals surface area (Å²) in [6.45, 7) is 6.09. The van der Waals surface area contributed by atoms with E-state index in [1.165, 1.54) is 0 Å². The standard InChI is InChI=1S/C26H36O18/c1-10(27)35-8-17-19(34)21(37-12(3)29)23(39-14(5)31)26(42-17)44-20-18(9-36-11(2)28)43-25(41-16(7)33)24(40-15(6)32)22(20)38-13(4)30/h17-26,34H,8-9H2,1-7H3/t17?,18?,19-,20+,21?,22?,23-,24-,25?,26-/m0/s1. The third-order valence-electron chi connectivity index (χ3n) is 5.89. The largest absolute Gasteiger partial charge is 0.463 e. The molecule has 2 aliphatic heterocycles. The van der Waals surface area contributed by atoms with Gasteiger partial charge in [-0.15, -0.1) is 0 Å². The highest BCUT2D eigenvalue weighted by Crippen LogP contribution is 2.34. The number of hydrogen-bond acceptors (Lipinski definition) is 18. The molecule has 18 nitrogen and oxygen atoms in total. The predicted molar refractivity (Wildman–Crippen MR) is 135 cm³/mol. The van der Waals surface area contributed by atoms with Crippen LogP contribution in [-0.4, -0.2) is 122 Å². The topological polar surface area (TPSA) is 232 Å². The van der Waals surface area contributed by atoms with Gasteiger partial charge in [0.05, 0.1) is 0 Å². The molecule has 0 spiro atoms.